The number of methoxy groups -OCH3 is 1. The zero-order valence-electron chi connectivity index (χ0n) is 16.3. The second kappa shape index (κ2) is 14.7. The van der Waals surface area contributed by atoms with Gasteiger partial charge in [0.1, 0.15) is 0 Å². The molecule has 0 saturated heterocycles. The van der Waals surface area contributed by atoms with E-state index in [4.69, 9.17) is 4.74 Å². The van der Waals surface area contributed by atoms with Gasteiger partial charge in [-0.15, -0.1) is 0 Å². The van der Waals surface area contributed by atoms with Crippen molar-refractivity contribution in [1.29, 1.82) is 0 Å². The van der Waals surface area contributed by atoms with Gasteiger partial charge in [0, 0.05) is 6.42 Å². The maximum atomic E-state index is 11.3. The normalized spacial score (nSPS) is 11.1. The molecule has 0 aliphatic rings. The molecule has 0 unspecified atom stereocenters. The number of hydrogen-bond donors (Lipinski definition) is 0. The fourth-order valence-electron chi connectivity index (χ4n) is 3.05. The van der Waals surface area contributed by atoms with Crippen molar-refractivity contribution in [2.45, 2.75) is 84.0 Å². The van der Waals surface area contributed by atoms with Crippen molar-refractivity contribution in [3.63, 3.8) is 0 Å². The topological polar surface area (TPSA) is 26.3 Å². The number of esters is 1. The van der Waals surface area contributed by atoms with Gasteiger partial charge in [0.2, 0.25) is 0 Å². The van der Waals surface area contributed by atoms with E-state index in [9.17, 15) is 4.79 Å². The Morgan fingerprint density at radius 1 is 0.960 bits per heavy atom. The molecule has 0 atom stereocenters. The quantitative estimate of drug-likeness (QED) is 0.276. The van der Waals surface area contributed by atoms with Gasteiger partial charge in [-0.3, -0.25) is 4.79 Å². The minimum Gasteiger partial charge on any atom is -0.469 e. The second-order valence-electron chi connectivity index (χ2n) is 6.79. The molecule has 0 N–H and O–H groups in total. The molecule has 0 aliphatic carbocycles. The Bertz CT molecular complexity index is 491. The van der Waals surface area contributed by atoms with Crippen LogP contribution in [0.3, 0.4) is 0 Å². The Balaban J connectivity index is 2.18. The van der Waals surface area contributed by atoms with Gasteiger partial charge in [-0.25, -0.2) is 0 Å². The van der Waals surface area contributed by atoms with Crippen LogP contribution in [0.4, 0.5) is 0 Å². The summed E-state index contributed by atoms with van der Waals surface area (Å²) in [6.07, 6.45) is 19.1. The molecule has 1 rings (SSSR count). The Morgan fingerprint density at radius 3 is 2.28 bits per heavy atom. The summed E-state index contributed by atoms with van der Waals surface area (Å²) in [5, 5.41) is 0. The highest BCUT2D eigenvalue weighted by Crippen LogP contribution is 2.15. The summed E-state index contributed by atoms with van der Waals surface area (Å²) in [6, 6.07) is 8.31. The lowest BCUT2D eigenvalue weighted by Gasteiger charge is -2.05. The largest absolute Gasteiger partial charge is 0.469 e. The van der Waals surface area contributed by atoms with Crippen LogP contribution in [0.15, 0.2) is 30.3 Å². The molecule has 1 aromatic rings. The van der Waals surface area contributed by atoms with E-state index < -0.39 is 0 Å². The Morgan fingerprint density at radius 2 is 1.60 bits per heavy atom. The van der Waals surface area contributed by atoms with E-state index in [0.717, 1.165) is 12.8 Å². The molecule has 0 aliphatic heterocycles. The molecule has 0 bridgehead atoms. The third-order valence-corrected chi connectivity index (χ3v) is 4.65. The fourth-order valence-corrected chi connectivity index (χ4v) is 3.05. The smallest absolute Gasteiger partial charge is 0.305 e. The average molecular weight is 345 g/mol. The molecule has 0 radical (unpaired) electrons. The maximum absolute atomic E-state index is 11.3. The summed E-state index contributed by atoms with van der Waals surface area (Å²) < 4.78 is 4.73. The number of unbranched alkanes of at least 4 members (excludes halogenated alkanes) is 9. The first kappa shape index (κ1) is 21.5. The van der Waals surface area contributed by atoms with E-state index in [1.165, 1.54) is 76.0 Å². The average Bonchev–Trinajstić information content (AvgIpc) is 2.64. The molecular formula is C23H36O2. The predicted octanol–water partition coefficient (Wildman–Crippen LogP) is 6.73. The van der Waals surface area contributed by atoms with E-state index in [0.29, 0.717) is 6.42 Å². The van der Waals surface area contributed by atoms with Crippen LogP contribution in [-0.2, 0) is 16.0 Å². The summed E-state index contributed by atoms with van der Waals surface area (Å²) in [5.41, 5.74) is 2.44. The number of ether oxygens (including phenoxy) is 1. The van der Waals surface area contributed by atoms with Gasteiger partial charge in [0.25, 0.3) is 0 Å². The van der Waals surface area contributed by atoms with Crippen molar-refractivity contribution in [3.05, 3.63) is 41.5 Å². The highest BCUT2D eigenvalue weighted by molar-refractivity contribution is 5.69. The molecule has 140 valence electrons. The van der Waals surface area contributed by atoms with Crippen molar-refractivity contribution >= 4 is 12.0 Å². The van der Waals surface area contributed by atoms with Crippen molar-refractivity contribution in [2.24, 2.45) is 0 Å². The number of benzene rings is 1. The Hall–Kier alpha value is -1.57. The number of carbonyl (C=O) groups excluding carboxylic acids is 1. The molecule has 0 heterocycles. The number of rotatable bonds is 14. The van der Waals surface area contributed by atoms with Crippen molar-refractivity contribution in [3.8, 4) is 0 Å². The number of hydrogen-bond acceptors (Lipinski definition) is 2. The van der Waals surface area contributed by atoms with E-state index in [1.54, 1.807) is 0 Å². The van der Waals surface area contributed by atoms with Gasteiger partial charge < -0.3 is 4.74 Å². The van der Waals surface area contributed by atoms with E-state index >= 15 is 0 Å². The van der Waals surface area contributed by atoms with Crippen molar-refractivity contribution in [1.82, 2.24) is 0 Å². The van der Waals surface area contributed by atoms with Crippen molar-refractivity contribution in [2.75, 3.05) is 7.11 Å². The van der Waals surface area contributed by atoms with Crippen molar-refractivity contribution < 1.29 is 9.53 Å². The third-order valence-electron chi connectivity index (χ3n) is 4.65. The minimum atomic E-state index is -0.145. The van der Waals surface area contributed by atoms with Crippen LogP contribution in [0.25, 0.3) is 6.08 Å². The maximum Gasteiger partial charge on any atom is 0.305 e. The zero-order chi connectivity index (χ0) is 18.2. The van der Waals surface area contributed by atoms with Gasteiger partial charge in [0.15, 0.2) is 0 Å². The highest BCUT2D eigenvalue weighted by atomic mass is 16.5. The summed E-state index contributed by atoms with van der Waals surface area (Å²) in [6.45, 7) is 2.27. The van der Waals surface area contributed by atoms with Crippen LogP contribution in [-0.4, -0.2) is 13.1 Å². The van der Waals surface area contributed by atoms with E-state index in [-0.39, 0.29) is 5.97 Å². The molecule has 1 aromatic carbocycles. The molecule has 0 spiro atoms. The fraction of sp³-hybridized carbons (Fsp3) is 0.609. The molecule has 0 aromatic heterocycles. The zero-order valence-corrected chi connectivity index (χ0v) is 16.3. The number of allylic oxidation sites excluding steroid dienone is 1. The molecule has 2 heteroatoms. The summed E-state index contributed by atoms with van der Waals surface area (Å²) in [5.74, 6) is -0.145. The lowest BCUT2D eigenvalue weighted by molar-refractivity contribution is -0.140. The number of carbonyl (C=O) groups is 1. The molecule has 2 nitrogen and oxygen atoms in total. The summed E-state index contributed by atoms with van der Waals surface area (Å²) in [4.78, 5) is 11.3. The first-order valence-electron chi connectivity index (χ1n) is 10.1. The van der Waals surface area contributed by atoms with E-state index in [2.05, 4.69) is 37.3 Å². The lowest BCUT2D eigenvalue weighted by Crippen LogP contribution is -2.02. The van der Waals surface area contributed by atoms with Crippen LogP contribution in [0.1, 0.15) is 88.7 Å². The summed E-state index contributed by atoms with van der Waals surface area (Å²) in [7, 11) is 1.44. The number of aryl methyl sites for hydroxylation is 1. The van der Waals surface area contributed by atoms with Crippen LogP contribution < -0.4 is 0 Å². The van der Waals surface area contributed by atoms with Crippen LogP contribution in [0.5, 0.6) is 0 Å². The standard InChI is InChI=1S/C23H36O2/c1-3-4-5-6-7-8-9-10-11-12-13-16-21-17-14-15-18-22(21)19-20-23(24)25-2/h13-18H,3-12,19-20H2,1-2H3/b16-13-. The molecule has 0 saturated carbocycles. The van der Waals surface area contributed by atoms with Gasteiger partial charge in [-0.2, -0.15) is 0 Å². The van der Waals surface area contributed by atoms with Crippen LogP contribution in [0, 0.1) is 0 Å². The molecule has 25 heavy (non-hydrogen) atoms. The highest BCUT2D eigenvalue weighted by Gasteiger charge is 2.03. The monoisotopic (exact) mass is 344 g/mol. The summed E-state index contributed by atoms with van der Waals surface area (Å²) >= 11 is 0. The van der Waals surface area contributed by atoms with E-state index in [1.807, 2.05) is 6.07 Å². The van der Waals surface area contributed by atoms with Gasteiger partial charge >= 0.3 is 5.97 Å². The van der Waals surface area contributed by atoms with Gasteiger partial charge in [-0.1, -0.05) is 94.7 Å². The van der Waals surface area contributed by atoms with Gasteiger partial charge in [0.05, 0.1) is 7.11 Å². The Kier molecular flexibility index (Phi) is 12.7. The second-order valence-corrected chi connectivity index (χ2v) is 6.79. The third kappa shape index (κ3) is 10.8. The lowest BCUT2D eigenvalue weighted by atomic mass is 10.0. The predicted molar refractivity (Wildman–Crippen MR) is 108 cm³/mol. The SMILES string of the molecule is CCCCCCCCCCC/C=C\c1ccccc1CCC(=O)OC. The Labute approximate surface area is 154 Å². The van der Waals surface area contributed by atoms with Gasteiger partial charge in [-0.05, 0) is 30.4 Å². The van der Waals surface area contributed by atoms with Crippen LogP contribution in [0.2, 0.25) is 0 Å². The molecule has 0 amide bonds. The first-order valence-corrected chi connectivity index (χ1v) is 10.1. The molecular weight excluding hydrogens is 308 g/mol. The van der Waals surface area contributed by atoms with Crippen LogP contribution >= 0.6 is 0 Å². The first-order chi connectivity index (χ1) is 12.3. The molecule has 0 fully saturated rings. The minimum absolute atomic E-state index is 0.145.